The molecular formula is C14H19NO6. The third-order valence-corrected chi connectivity index (χ3v) is 2.78. The highest BCUT2D eigenvalue weighted by Crippen LogP contribution is 2.38. The van der Waals surface area contributed by atoms with Gasteiger partial charge in [0.1, 0.15) is 0 Å². The maximum absolute atomic E-state index is 11.5. The first-order valence-corrected chi connectivity index (χ1v) is 6.29. The summed E-state index contributed by atoms with van der Waals surface area (Å²) in [5.41, 5.74) is 0.758. The molecule has 0 saturated carbocycles. The zero-order valence-electron chi connectivity index (χ0n) is 12.3. The van der Waals surface area contributed by atoms with Crippen molar-refractivity contribution in [2.45, 2.75) is 19.4 Å². The monoisotopic (exact) mass is 297 g/mol. The number of carboxylic acids is 1. The van der Waals surface area contributed by atoms with E-state index in [1.165, 1.54) is 21.3 Å². The molecule has 0 bridgehead atoms. The van der Waals surface area contributed by atoms with Gasteiger partial charge in [-0.05, 0) is 17.7 Å². The number of hydrogen-bond acceptors (Lipinski definition) is 5. The Morgan fingerprint density at radius 3 is 2.05 bits per heavy atom. The van der Waals surface area contributed by atoms with E-state index in [-0.39, 0.29) is 25.3 Å². The second kappa shape index (κ2) is 7.98. The average Bonchev–Trinajstić information content (AvgIpc) is 2.49. The first-order valence-electron chi connectivity index (χ1n) is 6.29. The molecule has 1 aromatic rings. The number of carboxylic acid groups (broad SMARTS) is 1. The number of amides is 1. The van der Waals surface area contributed by atoms with Crippen LogP contribution in [0.5, 0.6) is 17.2 Å². The summed E-state index contributed by atoms with van der Waals surface area (Å²) in [6, 6.07) is 3.44. The van der Waals surface area contributed by atoms with Gasteiger partial charge in [-0.1, -0.05) is 0 Å². The first kappa shape index (κ1) is 16.6. The van der Waals surface area contributed by atoms with Gasteiger partial charge >= 0.3 is 5.97 Å². The van der Waals surface area contributed by atoms with Crippen molar-refractivity contribution >= 4 is 11.9 Å². The number of nitrogens with one attached hydrogen (secondary N) is 1. The second-order valence-corrected chi connectivity index (χ2v) is 4.20. The third kappa shape index (κ3) is 4.87. The van der Waals surface area contributed by atoms with E-state index in [9.17, 15) is 9.59 Å². The van der Waals surface area contributed by atoms with Gasteiger partial charge in [0.25, 0.3) is 0 Å². The van der Waals surface area contributed by atoms with Crippen molar-refractivity contribution in [3.63, 3.8) is 0 Å². The lowest BCUT2D eigenvalue weighted by Gasteiger charge is -2.14. The molecule has 1 rings (SSSR count). The molecule has 0 heterocycles. The van der Waals surface area contributed by atoms with Crippen molar-refractivity contribution in [2.24, 2.45) is 0 Å². The highest BCUT2D eigenvalue weighted by Gasteiger charge is 2.13. The topological polar surface area (TPSA) is 94.1 Å². The Morgan fingerprint density at radius 1 is 1.05 bits per heavy atom. The van der Waals surface area contributed by atoms with Crippen molar-refractivity contribution in [3.8, 4) is 17.2 Å². The van der Waals surface area contributed by atoms with E-state index in [2.05, 4.69) is 5.32 Å². The van der Waals surface area contributed by atoms with Crippen LogP contribution < -0.4 is 19.5 Å². The van der Waals surface area contributed by atoms with E-state index >= 15 is 0 Å². The number of methoxy groups -OCH3 is 3. The van der Waals surface area contributed by atoms with E-state index in [4.69, 9.17) is 19.3 Å². The number of carbonyl (C=O) groups excluding carboxylic acids is 1. The van der Waals surface area contributed by atoms with Crippen LogP contribution in [0.2, 0.25) is 0 Å². The van der Waals surface area contributed by atoms with E-state index in [1.807, 2.05) is 0 Å². The van der Waals surface area contributed by atoms with Gasteiger partial charge in [-0.25, -0.2) is 0 Å². The van der Waals surface area contributed by atoms with Crippen LogP contribution >= 0.6 is 0 Å². The SMILES string of the molecule is COc1cc(CNC(=O)CCC(=O)O)cc(OC)c1OC. The van der Waals surface area contributed by atoms with Crippen molar-refractivity contribution in [1.82, 2.24) is 5.32 Å². The predicted molar refractivity (Wildman–Crippen MR) is 74.8 cm³/mol. The fraction of sp³-hybridized carbons (Fsp3) is 0.429. The van der Waals surface area contributed by atoms with Crippen molar-refractivity contribution < 1.29 is 28.9 Å². The summed E-state index contributed by atoms with van der Waals surface area (Å²) in [4.78, 5) is 21.9. The Balaban J connectivity index is 2.75. The molecule has 0 aromatic heterocycles. The van der Waals surface area contributed by atoms with Gasteiger partial charge in [-0.2, -0.15) is 0 Å². The standard InChI is InChI=1S/C14H19NO6/c1-19-10-6-9(7-11(20-2)14(10)21-3)8-15-12(16)4-5-13(17)18/h6-7H,4-5,8H2,1-3H3,(H,15,16)(H,17,18). The van der Waals surface area contributed by atoms with Crippen LogP contribution in [0.15, 0.2) is 12.1 Å². The molecule has 116 valence electrons. The maximum atomic E-state index is 11.5. The van der Waals surface area contributed by atoms with Gasteiger partial charge in [0.05, 0.1) is 27.8 Å². The Kier molecular flexibility index (Phi) is 6.32. The van der Waals surface area contributed by atoms with Gasteiger partial charge in [0.2, 0.25) is 11.7 Å². The van der Waals surface area contributed by atoms with Crippen LogP contribution in [0.1, 0.15) is 18.4 Å². The summed E-state index contributed by atoms with van der Waals surface area (Å²) in [7, 11) is 4.52. The zero-order chi connectivity index (χ0) is 15.8. The Hall–Kier alpha value is -2.44. The Morgan fingerprint density at radius 2 is 1.62 bits per heavy atom. The van der Waals surface area contributed by atoms with Crippen LogP contribution in [0.4, 0.5) is 0 Å². The number of hydrogen-bond donors (Lipinski definition) is 2. The predicted octanol–water partition coefficient (Wildman–Crippen LogP) is 1.19. The molecule has 7 nitrogen and oxygen atoms in total. The molecule has 21 heavy (non-hydrogen) atoms. The fourth-order valence-electron chi connectivity index (χ4n) is 1.75. The normalized spacial score (nSPS) is 9.86. The highest BCUT2D eigenvalue weighted by atomic mass is 16.5. The van der Waals surface area contributed by atoms with Gasteiger partial charge < -0.3 is 24.6 Å². The smallest absolute Gasteiger partial charge is 0.303 e. The second-order valence-electron chi connectivity index (χ2n) is 4.20. The Bertz CT molecular complexity index is 489. The maximum Gasteiger partial charge on any atom is 0.303 e. The molecular weight excluding hydrogens is 278 g/mol. The lowest BCUT2D eigenvalue weighted by atomic mass is 10.1. The first-order chi connectivity index (χ1) is 10.0. The molecule has 0 aliphatic rings. The van der Waals surface area contributed by atoms with Crippen LogP contribution in [0, 0.1) is 0 Å². The molecule has 0 atom stereocenters. The van der Waals surface area contributed by atoms with Gasteiger partial charge in [0.15, 0.2) is 11.5 Å². The van der Waals surface area contributed by atoms with Crippen LogP contribution in [-0.2, 0) is 16.1 Å². The van der Waals surface area contributed by atoms with E-state index in [1.54, 1.807) is 12.1 Å². The lowest BCUT2D eigenvalue weighted by Crippen LogP contribution is -2.23. The van der Waals surface area contributed by atoms with Gasteiger partial charge in [-0.15, -0.1) is 0 Å². The van der Waals surface area contributed by atoms with Crippen molar-refractivity contribution in [3.05, 3.63) is 17.7 Å². The lowest BCUT2D eigenvalue weighted by molar-refractivity contribution is -0.138. The Labute approximate surface area is 122 Å². The highest BCUT2D eigenvalue weighted by molar-refractivity contribution is 5.80. The number of carbonyl (C=O) groups is 2. The zero-order valence-corrected chi connectivity index (χ0v) is 12.3. The summed E-state index contributed by atoms with van der Waals surface area (Å²) >= 11 is 0. The molecule has 0 spiro atoms. The number of ether oxygens (including phenoxy) is 3. The van der Waals surface area contributed by atoms with E-state index in [0.29, 0.717) is 17.2 Å². The summed E-state index contributed by atoms with van der Waals surface area (Å²) in [5, 5.41) is 11.2. The van der Waals surface area contributed by atoms with Crippen molar-refractivity contribution in [1.29, 1.82) is 0 Å². The van der Waals surface area contributed by atoms with Crippen molar-refractivity contribution in [2.75, 3.05) is 21.3 Å². The van der Waals surface area contributed by atoms with E-state index in [0.717, 1.165) is 5.56 Å². The molecule has 0 radical (unpaired) electrons. The minimum Gasteiger partial charge on any atom is -0.493 e. The molecule has 0 aliphatic heterocycles. The van der Waals surface area contributed by atoms with Crippen LogP contribution in [0.3, 0.4) is 0 Å². The number of aliphatic carboxylic acids is 1. The molecule has 0 fully saturated rings. The number of benzene rings is 1. The molecule has 1 amide bonds. The molecule has 0 saturated heterocycles. The molecule has 0 aliphatic carbocycles. The minimum absolute atomic E-state index is 0.0558. The number of rotatable bonds is 8. The molecule has 1 aromatic carbocycles. The molecule has 2 N–H and O–H groups in total. The minimum atomic E-state index is -1.00. The van der Waals surface area contributed by atoms with Crippen LogP contribution in [-0.4, -0.2) is 38.3 Å². The molecule has 7 heteroatoms. The summed E-state index contributed by atoms with van der Waals surface area (Å²) in [6.45, 7) is 0.245. The quantitative estimate of drug-likeness (QED) is 0.748. The van der Waals surface area contributed by atoms with Gasteiger partial charge in [-0.3, -0.25) is 9.59 Å². The summed E-state index contributed by atoms with van der Waals surface area (Å²) in [6.07, 6.45) is -0.249. The van der Waals surface area contributed by atoms with E-state index < -0.39 is 5.97 Å². The average molecular weight is 297 g/mol. The summed E-state index contributed by atoms with van der Waals surface area (Å²) in [5.74, 6) is 0.128. The van der Waals surface area contributed by atoms with Gasteiger partial charge in [0, 0.05) is 13.0 Å². The molecule has 0 unspecified atom stereocenters. The van der Waals surface area contributed by atoms with Crippen LogP contribution in [0.25, 0.3) is 0 Å². The fourth-order valence-corrected chi connectivity index (χ4v) is 1.75. The third-order valence-electron chi connectivity index (χ3n) is 2.78. The summed E-state index contributed by atoms with van der Waals surface area (Å²) < 4.78 is 15.6. The largest absolute Gasteiger partial charge is 0.493 e.